The van der Waals surface area contributed by atoms with Gasteiger partial charge in [-0.05, 0) is 12.6 Å². The second-order valence-electron chi connectivity index (χ2n) is 1.17. The first-order valence-electron chi connectivity index (χ1n) is 2.79. The Labute approximate surface area is 71.3 Å². The minimum Gasteiger partial charge on any atom is -0.352 e. The molecule has 0 spiro atoms. The summed E-state index contributed by atoms with van der Waals surface area (Å²) in [6.45, 7) is 5.51. The Kier molecular flexibility index (Phi) is 8.36. The molecule has 0 fully saturated rings. The van der Waals surface area contributed by atoms with Crippen LogP contribution in [-0.2, 0) is 18.6 Å². The van der Waals surface area contributed by atoms with Crippen LogP contribution in [-0.4, -0.2) is 10.3 Å². The average molecular weight is 181 g/mol. The zero-order valence-electron chi connectivity index (χ0n) is 6.17. The van der Waals surface area contributed by atoms with Gasteiger partial charge < -0.3 is 10.2 Å². The molecular weight excluding hydrogens is 172 g/mol. The van der Waals surface area contributed by atoms with Crippen LogP contribution in [0.25, 0.3) is 0 Å². The fourth-order valence-electron chi connectivity index (χ4n) is 0.242. The molecule has 0 N–H and O–H groups in total. The van der Waals surface area contributed by atoms with Gasteiger partial charge in [0.25, 0.3) is 0 Å². The molecule has 0 aliphatic rings. The monoisotopic (exact) mass is 181 g/mol. The largest absolute Gasteiger partial charge is 0.352 e. The molecule has 0 aliphatic carbocycles. The van der Waals surface area contributed by atoms with E-state index in [2.05, 4.69) is 15.4 Å². The number of aromatic nitrogens is 3. The van der Waals surface area contributed by atoms with Gasteiger partial charge >= 0.3 is 0 Å². The molecule has 0 aliphatic heterocycles. The van der Waals surface area contributed by atoms with Crippen LogP contribution in [0.3, 0.4) is 0 Å². The van der Waals surface area contributed by atoms with Crippen molar-refractivity contribution in [2.75, 3.05) is 0 Å². The fourth-order valence-corrected chi connectivity index (χ4v) is 0.242. The van der Waals surface area contributed by atoms with Gasteiger partial charge in [0.2, 0.25) is 0 Å². The van der Waals surface area contributed by atoms with E-state index in [4.69, 9.17) is 0 Å². The van der Waals surface area contributed by atoms with Crippen LogP contribution >= 0.6 is 0 Å². The zero-order valence-corrected chi connectivity index (χ0v) is 7.56. The second-order valence-corrected chi connectivity index (χ2v) is 1.17. The molecule has 1 rings (SSSR count). The van der Waals surface area contributed by atoms with E-state index in [9.17, 15) is 4.39 Å². The predicted octanol–water partition coefficient (Wildman–Crippen LogP) is 0.905. The van der Waals surface area contributed by atoms with E-state index in [1.54, 1.807) is 0 Å². The van der Waals surface area contributed by atoms with Crippen LogP contribution in [0.4, 0.5) is 4.39 Å². The molecular formula is C5H9FN3V-. The summed E-state index contributed by atoms with van der Waals surface area (Å²) in [5, 5.41) is 9.31. The van der Waals surface area contributed by atoms with Crippen LogP contribution in [0.2, 0.25) is 0 Å². The third kappa shape index (κ3) is 3.64. The van der Waals surface area contributed by atoms with E-state index >= 15 is 0 Å². The average Bonchev–Trinajstić information content (AvgIpc) is 2.23. The van der Waals surface area contributed by atoms with Gasteiger partial charge in [0.1, 0.15) is 5.95 Å². The van der Waals surface area contributed by atoms with E-state index in [0.29, 0.717) is 0 Å². The molecule has 0 atom stereocenters. The molecule has 10 heavy (non-hydrogen) atoms. The SMILES string of the molecule is CC.Cc1[n-]nnc1F.[V]. The summed E-state index contributed by atoms with van der Waals surface area (Å²) >= 11 is 0. The van der Waals surface area contributed by atoms with Crippen molar-refractivity contribution in [1.29, 1.82) is 0 Å². The van der Waals surface area contributed by atoms with Crippen molar-refractivity contribution in [2.24, 2.45) is 0 Å². The molecule has 1 aromatic rings. The fraction of sp³-hybridized carbons (Fsp3) is 0.600. The van der Waals surface area contributed by atoms with Gasteiger partial charge in [0.15, 0.2) is 0 Å². The second kappa shape index (κ2) is 6.77. The van der Waals surface area contributed by atoms with Crippen LogP contribution in [0, 0.1) is 12.9 Å². The molecule has 1 aromatic heterocycles. The third-order valence-electron chi connectivity index (χ3n) is 0.626. The Morgan fingerprint density at radius 1 is 1.40 bits per heavy atom. The summed E-state index contributed by atoms with van der Waals surface area (Å²) in [5.74, 6) is -0.583. The number of hydrogen-bond donors (Lipinski definition) is 0. The van der Waals surface area contributed by atoms with Crippen LogP contribution in [0.1, 0.15) is 19.5 Å². The van der Waals surface area contributed by atoms with E-state index in [1.165, 1.54) is 6.92 Å². The minimum atomic E-state index is -0.583. The summed E-state index contributed by atoms with van der Waals surface area (Å²) in [4.78, 5) is 0. The Morgan fingerprint density at radius 2 is 1.90 bits per heavy atom. The zero-order chi connectivity index (χ0) is 7.28. The first kappa shape index (κ1) is 12.3. The van der Waals surface area contributed by atoms with Crippen LogP contribution in [0.5, 0.6) is 0 Å². The number of aryl methyl sites for hydroxylation is 1. The first-order chi connectivity index (χ1) is 4.30. The number of hydrogen-bond acceptors (Lipinski definition) is 2. The van der Waals surface area contributed by atoms with Crippen molar-refractivity contribution in [1.82, 2.24) is 15.4 Å². The standard InChI is InChI=1S/C3H3FN3.C2H6.V/c1-2-3(4)6-7-5-2;1-2;/h1H3;1-2H3;/q-1;;. The molecule has 0 unspecified atom stereocenters. The topological polar surface area (TPSA) is 39.9 Å². The molecule has 1 radical (unpaired) electrons. The summed E-state index contributed by atoms with van der Waals surface area (Å²) in [6, 6.07) is 0. The molecule has 0 aromatic carbocycles. The van der Waals surface area contributed by atoms with Gasteiger partial charge in [-0.3, -0.25) is 5.21 Å². The van der Waals surface area contributed by atoms with E-state index in [1.807, 2.05) is 13.8 Å². The van der Waals surface area contributed by atoms with E-state index in [0.717, 1.165) is 0 Å². The molecule has 0 saturated carbocycles. The van der Waals surface area contributed by atoms with Gasteiger partial charge in [-0.15, -0.1) is 0 Å². The van der Waals surface area contributed by atoms with Crippen molar-refractivity contribution in [3.63, 3.8) is 0 Å². The summed E-state index contributed by atoms with van der Waals surface area (Å²) in [5.41, 5.74) is 0.250. The Bertz CT molecular complexity index is 149. The van der Waals surface area contributed by atoms with Crippen molar-refractivity contribution in [3.05, 3.63) is 11.6 Å². The minimum absolute atomic E-state index is 0. The molecule has 0 bridgehead atoms. The number of rotatable bonds is 0. The molecule has 5 heteroatoms. The molecule has 0 amide bonds. The van der Waals surface area contributed by atoms with E-state index in [-0.39, 0.29) is 24.2 Å². The predicted molar refractivity (Wildman–Crippen MR) is 31.4 cm³/mol. The van der Waals surface area contributed by atoms with Gasteiger partial charge in [-0.25, -0.2) is 4.39 Å². The smallest absolute Gasteiger partial charge is 0.127 e. The van der Waals surface area contributed by atoms with Crippen molar-refractivity contribution < 1.29 is 22.9 Å². The van der Waals surface area contributed by atoms with Gasteiger partial charge in [0.05, 0.1) is 0 Å². The van der Waals surface area contributed by atoms with Crippen molar-refractivity contribution in [3.8, 4) is 0 Å². The number of halogens is 1. The van der Waals surface area contributed by atoms with Crippen LogP contribution in [0.15, 0.2) is 0 Å². The summed E-state index contributed by atoms with van der Waals surface area (Å²) in [6.07, 6.45) is 0. The van der Waals surface area contributed by atoms with Gasteiger partial charge in [-0.2, -0.15) is 0 Å². The number of nitrogens with zero attached hydrogens (tertiary/aromatic N) is 3. The molecule has 0 saturated heterocycles. The normalized spacial score (nSPS) is 7.20. The third-order valence-corrected chi connectivity index (χ3v) is 0.626. The Hall–Kier alpha value is -0.346. The molecule has 1 heterocycles. The van der Waals surface area contributed by atoms with Crippen molar-refractivity contribution >= 4 is 0 Å². The van der Waals surface area contributed by atoms with Gasteiger partial charge in [-0.1, -0.05) is 13.8 Å². The van der Waals surface area contributed by atoms with Gasteiger partial charge in [0, 0.05) is 18.6 Å². The summed E-state index contributed by atoms with van der Waals surface area (Å²) < 4.78 is 11.8. The maximum Gasteiger partial charge on any atom is 0.127 e. The molecule has 57 valence electrons. The Balaban J connectivity index is 0. The van der Waals surface area contributed by atoms with Crippen molar-refractivity contribution in [2.45, 2.75) is 20.8 Å². The maximum atomic E-state index is 11.8. The Morgan fingerprint density at radius 3 is 2.00 bits per heavy atom. The first-order valence-corrected chi connectivity index (χ1v) is 2.79. The maximum absolute atomic E-state index is 11.8. The summed E-state index contributed by atoms with van der Waals surface area (Å²) in [7, 11) is 0. The van der Waals surface area contributed by atoms with Crippen LogP contribution < -0.4 is 5.10 Å². The quantitative estimate of drug-likeness (QED) is 0.597. The van der Waals surface area contributed by atoms with E-state index < -0.39 is 5.95 Å². The molecule has 3 nitrogen and oxygen atoms in total.